The molecule has 11 heavy (non-hydrogen) atoms. The monoisotopic (exact) mass is 174 g/mol. The molecular weight excluding hydrogens is 160 g/mol. The number of rotatable bonds is 3. The Morgan fingerprint density at radius 2 is 2.55 bits per heavy atom. The molecule has 0 aromatic rings. The van der Waals surface area contributed by atoms with Crippen molar-refractivity contribution in [2.45, 2.75) is 18.9 Å². The smallest absolute Gasteiger partial charge is 0.0313 e. The molecule has 2 nitrogen and oxygen atoms in total. The Bertz CT molecular complexity index is 150. The SMILES string of the molecule is C=C(Cl)CNC1(C)CCNC1. The third-order valence-corrected chi connectivity index (χ3v) is 2.21. The Balaban J connectivity index is 2.28. The molecule has 1 aliphatic heterocycles. The van der Waals surface area contributed by atoms with E-state index in [9.17, 15) is 0 Å². The van der Waals surface area contributed by atoms with Gasteiger partial charge in [-0.15, -0.1) is 0 Å². The zero-order valence-corrected chi connectivity index (χ0v) is 7.67. The molecule has 0 radical (unpaired) electrons. The third kappa shape index (κ3) is 2.81. The van der Waals surface area contributed by atoms with Crippen molar-refractivity contribution in [2.75, 3.05) is 19.6 Å². The van der Waals surface area contributed by atoms with Crippen molar-refractivity contribution < 1.29 is 0 Å². The highest BCUT2D eigenvalue weighted by Gasteiger charge is 2.27. The predicted molar refractivity (Wildman–Crippen MR) is 48.9 cm³/mol. The molecule has 1 unspecified atom stereocenters. The van der Waals surface area contributed by atoms with Gasteiger partial charge in [0, 0.05) is 23.7 Å². The molecule has 3 heteroatoms. The Morgan fingerprint density at radius 1 is 1.82 bits per heavy atom. The van der Waals surface area contributed by atoms with Crippen LogP contribution in [0.1, 0.15) is 13.3 Å². The van der Waals surface area contributed by atoms with Crippen molar-refractivity contribution in [3.05, 3.63) is 11.6 Å². The lowest BCUT2D eigenvalue weighted by atomic mass is 10.0. The molecule has 0 amide bonds. The summed E-state index contributed by atoms with van der Waals surface area (Å²) in [6, 6.07) is 0. The molecule has 0 aromatic carbocycles. The first-order valence-electron chi connectivity index (χ1n) is 3.91. The van der Waals surface area contributed by atoms with E-state index in [4.69, 9.17) is 11.6 Å². The van der Waals surface area contributed by atoms with Gasteiger partial charge in [0.1, 0.15) is 0 Å². The maximum absolute atomic E-state index is 5.64. The molecule has 1 fully saturated rings. The largest absolute Gasteiger partial charge is 0.315 e. The molecule has 1 aliphatic rings. The second-order valence-corrected chi connectivity index (χ2v) is 3.89. The summed E-state index contributed by atoms with van der Waals surface area (Å²) in [5, 5.41) is 7.34. The summed E-state index contributed by atoms with van der Waals surface area (Å²) in [5.74, 6) is 0. The summed E-state index contributed by atoms with van der Waals surface area (Å²) in [4.78, 5) is 0. The number of nitrogens with one attached hydrogen (secondary N) is 2. The van der Waals surface area contributed by atoms with Gasteiger partial charge in [-0.05, 0) is 19.9 Å². The van der Waals surface area contributed by atoms with Crippen LogP contribution in [0.5, 0.6) is 0 Å². The summed E-state index contributed by atoms with van der Waals surface area (Å²) < 4.78 is 0. The molecular formula is C8H15ClN2. The summed E-state index contributed by atoms with van der Waals surface area (Å²) in [5.41, 5.74) is 0.220. The zero-order valence-electron chi connectivity index (χ0n) is 6.91. The first-order chi connectivity index (χ1) is 5.12. The lowest BCUT2D eigenvalue weighted by Gasteiger charge is -2.24. The van der Waals surface area contributed by atoms with E-state index in [0.29, 0.717) is 11.6 Å². The fourth-order valence-corrected chi connectivity index (χ4v) is 1.34. The molecule has 1 atom stereocenters. The molecule has 0 spiro atoms. The van der Waals surface area contributed by atoms with Crippen LogP contribution in [0.4, 0.5) is 0 Å². The molecule has 0 bridgehead atoms. The van der Waals surface area contributed by atoms with Crippen molar-refractivity contribution in [3.8, 4) is 0 Å². The lowest BCUT2D eigenvalue weighted by Crippen LogP contribution is -2.44. The fraction of sp³-hybridized carbons (Fsp3) is 0.750. The van der Waals surface area contributed by atoms with Gasteiger partial charge in [0.05, 0.1) is 0 Å². The number of hydrogen-bond acceptors (Lipinski definition) is 2. The van der Waals surface area contributed by atoms with E-state index in [0.717, 1.165) is 19.5 Å². The van der Waals surface area contributed by atoms with Gasteiger partial charge in [-0.2, -0.15) is 0 Å². The molecule has 2 N–H and O–H groups in total. The second kappa shape index (κ2) is 3.57. The van der Waals surface area contributed by atoms with Gasteiger partial charge in [0.15, 0.2) is 0 Å². The Labute approximate surface area is 73.0 Å². The Morgan fingerprint density at radius 3 is 3.00 bits per heavy atom. The minimum Gasteiger partial charge on any atom is -0.315 e. The topological polar surface area (TPSA) is 24.1 Å². The highest BCUT2D eigenvalue weighted by atomic mass is 35.5. The van der Waals surface area contributed by atoms with Gasteiger partial charge in [0.2, 0.25) is 0 Å². The summed E-state index contributed by atoms with van der Waals surface area (Å²) in [6.07, 6.45) is 1.16. The predicted octanol–water partition coefficient (Wildman–Crippen LogP) is 1.08. The van der Waals surface area contributed by atoms with E-state index in [1.807, 2.05) is 0 Å². The van der Waals surface area contributed by atoms with Crippen LogP contribution in [0.15, 0.2) is 11.6 Å². The van der Waals surface area contributed by atoms with Crippen molar-refractivity contribution in [2.24, 2.45) is 0 Å². The van der Waals surface area contributed by atoms with Crippen LogP contribution in [0.2, 0.25) is 0 Å². The minimum atomic E-state index is 0.220. The normalized spacial score (nSPS) is 30.7. The lowest BCUT2D eigenvalue weighted by molar-refractivity contribution is 0.406. The van der Waals surface area contributed by atoms with Gasteiger partial charge in [-0.25, -0.2) is 0 Å². The molecule has 0 aliphatic carbocycles. The first-order valence-corrected chi connectivity index (χ1v) is 4.29. The van der Waals surface area contributed by atoms with Gasteiger partial charge in [-0.1, -0.05) is 18.2 Å². The van der Waals surface area contributed by atoms with Crippen LogP contribution in [0.25, 0.3) is 0 Å². The maximum atomic E-state index is 5.64. The van der Waals surface area contributed by atoms with E-state index in [2.05, 4.69) is 24.1 Å². The summed E-state index contributed by atoms with van der Waals surface area (Å²) >= 11 is 5.64. The standard InChI is InChI=1S/C8H15ClN2/c1-7(9)5-11-8(2)3-4-10-6-8/h10-11H,1,3-6H2,2H3. The number of halogens is 1. The molecule has 64 valence electrons. The Hall–Kier alpha value is -0.0500. The van der Waals surface area contributed by atoms with Gasteiger partial charge in [-0.3, -0.25) is 0 Å². The number of hydrogen-bond donors (Lipinski definition) is 2. The van der Waals surface area contributed by atoms with Crippen molar-refractivity contribution in [3.63, 3.8) is 0 Å². The molecule has 0 saturated carbocycles. The average molecular weight is 175 g/mol. The second-order valence-electron chi connectivity index (χ2n) is 3.36. The van der Waals surface area contributed by atoms with E-state index in [-0.39, 0.29) is 5.54 Å². The van der Waals surface area contributed by atoms with Crippen LogP contribution in [0, 0.1) is 0 Å². The van der Waals surface area contributed by atoms with Gasteiger partial charge >= 0.3 is 0 Å². The quantitative estimate of drug-likeness (QED) is 0.669. The molecule has 1 heterocycles. The third-order valence-electron chi connectivity index (χ3n) is 2.08. The molecule has 1 rings (SSSR count). The summed E-state index contributed by atoms with van der Waals surface area (Å²) in [6.45, 7) is 8.66. The molecule has 0 aromatic heterocycles. The van der Waals surface area contributed by atoms with E-state index in [1.165, 1.54) is 0 Å². The highest BCUT2D eigenvalue weighted by Crippen LogP contribution is 2.13. The van der Waals surface area contributed by atoms with Crippen molar-refractivity contribution >= 4 is 11.6 Å². The van der Waals surface area contributed by atoms with Crippen LogP contribution in [-0.4, -0.2) is 25.2 Å². The van der Waals surface area contributed by atoms with Crippen LogP contribution in [0.3, 0.4) is 0 Å². The zero-order chi connectivity index (χ0) is 8.32. The first kappa shape index (κ1) is 9.04. The van der Waals surface area contributed by atoms with Crippen LogP contribution >= 0.6 is 11.6 Å². The van der Waals surface area contributed by atoms with Crippen LogP contribution in [-0.2, 0) is 0 Å². The van der Waals surface area contributed by atoms with E-state index < -0.39 is 0 Å². The van der Waals surface area contributed by atoms with Gasteiger partial charge in [0.25, 0.3) is 0 Å². The van der Waals surface area contributed by atoms with E-state index >= 15 is 0 Å². The Kier molecular flexibility index (Phi) is 2.93. The minimum absolute atomic E-state index is 0.220. The average Bonchev–Trinajstić information content (AvgIpc) is 2.33. The van der Waals surface area contributed by atoms with Crippen molar-refractivity contribution in [1.82, 2.24) is 10.6 Å². The molecule has 1 saturated heterocycles. The summed E-state index contributed by atoms with van der Waals surface area (Å²) in [7, 11) is 0. The highest BCUT2D eigenvalue weighted by molar-refractivity contribution is 6.29. The van der Waals surface area contributed by atoms with E-state index in [1.54, 1.807) is 0 Å². The van der Waals surface area contributed by atoms with Crippen LogP contribution < -0.4 is 10.6 Å². The van der Waals surface area contributed by atoms with Crippen molar-refractivity contribution in [1.29, 1.82) is 0 Å². The maximum Gasteiger partial charge on any atom is 0.0313 e. The fourth-order valence-electron chi connectivity index (χ4n) is 1.28. The van der Waals surface area contributed by atoms with Gasteiger partial charge < -0.3 is 10.6 Å².